The summed E-state index contributed by atoms with van der Waals surface area (Å²) >= 11 is 6.25. The summed E-state index contributed by atoms with van der Waals surface area (Å²) in [6, 6.07) is 19.0. The first-order valence-electron chi connectivity index (χ1n) is 19.3. The molecule has 5 aliphatic rings. The number of carbonyl (C=O) groups excluding carboxylic acids is 5. The van der Waals surface area contributed by atoms with Crippen LogP contribution in [-0.2, 0) is 9.59 Å². The molecule has 2 aliphatic carbocycles. The van der Waals surface area contributed by atoms with Gasteiger partial charge in [-0.1, -0.05) is 39.3 Å². The van der Waals surface area contributed by atoms with Crippen molar-refractivity contribution in [3.05, 3.63) is 87.9 Å². The Morgan fingerprint density at radius 2 is 1.59 bits per heavy atom. The van der Waals surface area contributed by atoms with Crippen molar-refractivity contribution in [1.29, 1.82) is 5.26 Å². The first kappa shape index (κ1) is 37.7. The minimum Gasteiger partial charge on any atom is -0.494 e. The zero-order chi connectivity index (χ0) is 39.7. The van der Waals surface area contributed by atoms with Crippen molar-refractivity contribution in [2.24, 2.45) is 28.1 Å². The van der Waals surface area contributed by atoms with Crippen LogP contribution in [0.3, 0.4) is 0 Å². The van der Waals surface area contributed by atoms with Crippen LogP contribution in [0.25, 0.3) is 0 Å². The number of piperidine rings is 1. The number of ether oxygens (including phenoxy) is 2. The molecule has 1 unspecified atom stereocenters. The number of ketones is 1. The molecule has 3 aromatic rings. The van der Waals surface area contributed by atoms with Crippen LogP contribution in [0, 0.1) is 39.4 Å². The number of imide groups is 2. The van der Waals surface area contributed by atoms with E-state index in [1.807, 2.05) is 12.1 Å². The molecule has 1 atom stereocenters. The summed E-state index contributed by atoms with van der Waals surface area (Å²) in [6.45, 7) is 11.1. The molecular formula is C44H45ClN4O7. The lowest BCUT2D eigenvalue weighted by Crippen LogP contribution is -2.66. The van der Waals surface area contributed by atoms with Gasteiger partial charge in [-0.2, -0.15) is 5.26 Å². The zero-order valence-corrected chi connectivity index (χ0v) is 32.8. The molecule has 0 aromatic heterocycles. The molecule has 2 saturated carbocycles. The highest BCUT2D eigenvalue weighted by atomic mass is 35.5. The Morgan fingerprint density at radius 1 is 0.911 bits per heavy atom. The van der Waals surface area contributed by atoms with Gasteiger partial charge >= 0.3 is 0 Å². The fourth-order valence-corrected chi connectivity index (χ4v) is 10.6. The van der Waals surface area contributed by atoms with E-state index in [0.717, 1.165) is 42.9 Å². The van der Waals surface area contributed by atoms with Gasteiger partial charge in [0.15, 0.2) is 5.78 Å². The number of hydrogen-bond acceptors (Lipinski definition) is 9. The maximum Gasteiger partial charge on any atom is 0.262 e. The van der Waals surface area contributed by atoms with Gasteiger partial charge < -0.3 is 14.4 Å². The average molecular weight is 777 g/mol. The van der Waals surface area contributed by atoms with Crippen LogP contribution in [0.1, 0.15) is 103 Å². The number of carbonyl (C=O) groups is 5. The van der Waals surface area contributed by atoms with E-state index in [0.29, 0.717) is 52.0 Å². The first-order valence-corrected chi connectivity index (χ1v) is 19.7. The van der Waals surface area contributed by atoms with Crippen LogP contribution in [0.15, 0.2) is 60.7 Å². The number of Topliss-reactive ketones (excluding diaryl/α,β-unsaturated/α-hetero) is 1. The number of hydrogen-bond donors (Lipinski definition) is 1. The van der Waals surface area contributed by atoms with Crippen molar-refractivity contribution in [2.75, 3.05) is 24.6 Å². The fraction of sp³-hybridized carbons (Fsp3) is 0.455. The number of fused-ring (bicyclic) bond motifs is 1. The first-order chi connectivity index (χ1) is 26.6. The summed E-state index contributed by atoms with van der Waals surface area (Å²) < 4.78 is 12.4. The van der Waals surface area contributed by atoms with Crippen LogP contribution in [0.2, 0.25) is 5.02 Å². The zero-order valence-electron chi connectivity index (χ0n) is 32.0. The van der Waals surface area contributed by atoms with Crippen molar-refractivity contribution in [1.82, 2.24) is 10.2 Å². The fourth-order valence-electron chi connectivity index (χ4n) is 10.4. The van der Waals surface area contributed by atoms with Crippen molar-refractivity contribution < 1.29 is 33.4 Å². The van der Waals surface area contributed by atoms with Gasteiger partial charge in [-0.3, -0.25) is 34.2 Å². The van der Waals surface area contributed by atoms with Crippen LogP contribution < -0.4 is 19.7 Å². The van der Waals surface area contributed by atoms with E-state index in [2.05, 4.69) is 56.1 Å². The van der Waals surface area contributed by atoms with E-state index in [9.17, 15) is 29.2 Å². The SMILES string of the molecule is CC1(C)C(CC(=O)c2ccc(N3CC4(CC(CCOc5ccc6c(c5)C(=O)N(C5CCC(=O)NC5=O)C6=O)C4)C3)cc2)C(C)(C)C1Oc1ccc(C#N)c(Cl)c1. The second kappa shape index (κ2) is 13.8. The van der Waals surface area contributed by atoms with E-state index in [4.69, 9.17) is 21.1 Å². The van der Waals surface area contributed by atoms with Crippen molar-refractivity contribution >= 4 is 46.7 Å². The van der Waals surface area contributed by atoms with Crippen LogP contribution in [0.4, 0.5) is 5.69 Å². The molecule has 3 aliphatic heterocycles. The van der Waals surface area contributed by atoms with Crippen molar-refractivity contribution in [3.63, 3.8) is 0 Å². The van der Waals surface area contributed by atoms with Gasteiger partial charge in [-0.25, -0.2) is 0 Å². The maximum atomic E-state index is 13.5. The van der Waals surface area contributed by atoms with Gasteiger partial charge in [0.1, 0.15) is 29.7 Å². The summed E-state index contributed by atoms with van der Waals surface area (Å²) in [5.41, 5.74) is 2.51. The van der Waals surface area contributed by atoms with Gasteiger partial charge in [0.05, 0.1) is 28.3 Å². The number of rotatable bonds is 11. The number of anilines is 1. The molecule has 11 nitrogen and oxygen atoms in total. The Balaban J connectivity index is 0.780. The largest absolute Gasteiger partial charge is 0.494 e. The Labute approximate surface area is 331 Å². The number of nitrogens with zero attached hydrogens (tertiary/aromatic N) is 3. The van der Waals surface area contributed by atoms with Crippen LogP contribution >= 0.6 is 11.6 Å². The molecular weight excluding hydrogens is 732 g/mol. The van der Waals surface area contributed by atoms with E-state index >= 15 is 0 Å². The third-order valence-electron chi connectivity index (χ3n) is 13.1. The molecule has 12 heteroatoms. The Hall–Kier alpha value is -5.21. The normalized spacial score (nSPS) is 24.4. The summed E-state index contributed by atoms with van der Waals surface area (Å²) in [6.07, 6.45) is 3.63. The highest BCUT2D eigenvalue weighted by molar-refractivity contribution is 6.31. The summed E-state index contributed by atoms with van der Waals surface area (Å²) in [4.78, 5) is 66.9. The van der Waals surface area contributed by atoms with Gasteiger partial charge in [0, 0.05) is 59.5 Å². The lowest BCUT2D eigenvalue weighted by atomic mass is 9.44. The molecule has 4 amide bonds. The van der Waals surface area contributed by atoms with Crippen LogP contribution in [0.5, 0.6) is 11.5 Å². The molecule has 2 saturated heterocycles. The average Bonchev–Trinajstić information content (AvgIpc) is 3.37. The summed E-state index contributed by atoms with van der Waals surface area (Å²) in [5, 5.41) is 11.8. The number of nitrogens with one attached hydrogen (secondary N) is 1. The standard InChI is InChI=1S/C44H45ClN4O7/c1-42(2)36(43(3,4)41(42)56-30-10-7-27(22-46)33(45)18-30)19-35(50)26-5-8-28(9-6-26)48-23-44(24-48)20-25(21-44)15-16-55-29-11-12-31-32(17-29)40(54)49(39(31)53)34-13-14-37(51)47-38(34)52/h5-12,17-18,25,34,36,41H,13-16,19-21,23-24H2,1-4H3,(H,47,51,52). The number of amides is 4. The molecule has 0 radical (unpaired) electrons. The quantitative estimate of drug-likeness (QED) is 0.161. The number of benzene rings is 3. The second-order valence-electron chi connectivity index (χ2n) is 17.5. The topological polar surface area (TPSA) is 146 Å². The lowest BCUT2D eigenvalue weighted by Gasteiger charge is -2.63. The van der Waals surface area contributed by atoms with E-state index in [-0.39, 0.29) is 52.6 Å². The number of halogens is 1. The van der Waals surface area contributed by atoms with Gasteiger partial charge in [-0.15, -0.1) is 0 Å². The molecule has 8 rings (SSSR count). The minimum atomic E-state index is -0.996. The van der Waals surface area contributed by atoms with E-state index < -0.39 is 29.7 Å². The summed E-state index contributed by atoms with van der Waals surface area (Å²) in [7, 11) is 0. The van der Waals surface area contributed by atoms with Crippen molar-refractivity contribution in [3.8, 4) is 17.6 Å². The van der Waals surface area contributed by atoms with Gasteiger partial charge in [-0.05, 0) is 92.1 Å². The molecule has 1 N–H and O–H groups in total. The predicted octanol–water partition coefficient (Wildman–Crippen LogP) is 7.00. The summed E-state index contributed by atoms with van der Waals surface area (Å²) in [5.74, 6) is -0.197. The van der Waals surface area contributed by atoms with Crippen molar-refractivity contribution in [2.45, 2.75) is 78.4 Å². The van der Waals surface area contributed by atoms with Gasteiger partial charge in [0.25, 0.3) is 11.8 Å². The van der Waals surface area contributed by atoms with Gasteiger partial charge in [0.2, 0.25) is 11.8 Å². The molecule has 4 fully saturated rings. The number of nitriles is 1. The van der Waals surface area contributed by atoms with Crippen LogP contribution in [-0.4, -0.2) is 66.2 Å². The predicted molar refractivity (Wildman–Crippen MR) is 208 cm³/mol. The third kappa shape index (κ3) is 6.42. The third-order valence-corrected chi connectivity index (χ3v) is 13.4. The highest BCUT2D eigenvalue weighted by Crippen LogP contribution is 2.62. The maximum absolute atomic E-state index is 13.5. The molecule has 290 valence electrons. The minimum absolute atomic E-state index is 0.0757. The molecule has 0 bridgehead atoms. The Bertz CT molecular complexity index is 2180. The van der Waals surface area contributed by atoms with E-state index in [1.54, 1.807) is 36.4 Å². The molecule has 3 heterocycles. The monoisotopic (exact) mass is 776 g/mol. The Morgan fingerprint density at radius 3 is 2.25 bits per heavy atom. The Kier molecular flexibility index (Phi) is 9.27. The smallest absolute Gasteiger partial charge is 0.262 e. The molecule has 56 heavy (non-hydrogen) atoms. The lowest BCUT2D eigenvalue weighted by molar-refractivity contribution is -0.196. The van der Waals surface area contributed by atoms with E-state index in [1.165, 1.54) is 0 Å². The highest BCUT2D eigenvalue weighted by Gasteiger charge is 2.63. The molecule has 1 spiro atoms. The second-order valence-corrected chi connectivity index (χ2v) is 18.0. The molecule has 3 aromatic carbocycles.